The quantitative estimate of drug-likeness (QED) is 0.282. The van der Waals surface area contributed by atoms with Crippen molar-refractivity contribution in [2.75, 3.05) is 0 Å². The lowest BCUT2D eigenvalue weighted by molar-refractivity contribution is 0.886. The van der Waals surface area contributed by atoms with Crippen molar-refractivity contribution < 1.29 is 0 Å². The summed E-state index contributed by atoms with van der Waals surface area (Å²) in [6.07, 6.45) is 0. The minimum absolute atomic E-state index is 0.681. The van der Waals surface area contributed by atoms with E-state index in [0.717, 1.165) is 28.0 Å². The minimum Gasteiger partial charge on any atom is -0.270 e. The molecular formula is C25H18ClN3S. The fourth-order valence-electron chi connectivity index (χ4n) is 3.55. The summed E-state index contributed by atoms with van der Waals surface area (Å²) >= 11 is 7.92. The molecule has 0 atom stereocenters. The van der Waals surface area contributed by atoms with Gasteiger partial charge in [0.1, 0.15) is 0 Å². The Kier molecular flexibility index (Phi) is 5.26. The van der Waals surface area contributed by atoms with Crippen molar-refractivity contribution in [1.82, 2.24) is 14.8 Å². The summed E-state index contributed by atoms with van der Waals surface area (Å²) in [4.78, 5) is 0. The Morgan fingerprint density at radius 2 is 1.53 bits per heavy atom. The number of hydrogen-bond donors (Lipinski definition) is 0. The number of benzene rings is 4. The van der Waals surface area contributed by atoms with Gasteiger partial charge in [0.05, 0.1) is 0 Å². The maximum Gasteiger partial charge on any atom is 0.196 e. The summed E-state index contributed by atoms with van der Waals surface area (Å²) in [5, 5.41) is 13.1. The zero-order valence-electron chi connectivity index (χ0n) is 16.1. The number of hydrogen-bond acceptors (Lipinski definition) is 3. The molecule has 0 amide bonds. The molecule has 3 nitrogen and oxygen atoms in total. The topological polar surface area (TPSA) is 30.7 Å². The van der Waals surface area contributed by atoms with Gasteiger partial charge in [0, 0.05) is 22.0 Å². The van der Waals surface area contributed by atoms with Crippen molar-refractivity contribution in [2.24, 2.45) is 0 Å². The van der Waals surface area contributed by atoms with Crippen LogP contribution in [0, 0.1) is 0 Å². The molecule has 1 heterocycles. The second-order valence-corrected chi connectivity index (χ2v) is 8.29. The second kappa shape index (κ2) is 8.34. The van der Waals surface area contributed by atoms with Crippen molar-refractivity contribution in [1.29, 1.82) is 0 Å². The molecular weight excluding hydrogens is 410 g/mol. The van der Waals surface area contributed by atoms with Crippen molar-refractivity contribution in [3.63, 3.8) is 0 Å². The number of thioether (sulfide) groups is 1. The van der Waals surface area contributed by atoms with Gasteiger partial charge >= 0.3 is 0 Å². The van der Waals surface area contributed by atoms with Gasteiger partial charge in [-0.3, -0.25) is 4.57 Å². The molecule has 0 fully saturated rings. The van der Waals surface area contributed by atoms with Gasteiger partial charge in [-0.2, -0.15) is 0 Å². The fourth-order valence-corrected chi connectivity index (χ4v) is 4.69. The van der Waals surface area contributed by atoms with Crippen LogP contribution in [0.15, 0.2) is 102 Å². The van der Waals surface area contributed by atoms with E-state index in [-0.39, 0.29) is 0 Å². The molecule has 5 aromatic rings. The first-order chi connectivity index (χ1) is 14.8. The van der Waals surface area contributed by atoms with E-state index in [1.807, 2.05) is 42.5 Å². The van der Waals surface area contributed by atoms with E-state index >= 15 is 0 Å². The zero-order chi connectivity index (χ0) is 20.3. The molecule has 0 saturated heterocycles. The maximum absolute atomic E-state index is 6.23. The molecule has 0 unspecified atom stereocenters. The van der Waals surface area contributed by atoms with E-state index in [1.54, 1.807) is 11.8 Å². The summed E-state index contributed by atoms with van der Waals surface area (Å²) in [5.74, 6) is 1.59. The van der Waals surface area contributed by atoms with Crippen molar-refractivity contribution in [3.05, 3.63) is 108 Å². The second-order valence-electron chi connectivity index (χ2n) is 6.91. The Morgan fingerprint density at radius 3 is 2.40 bits per heavy atom. The fraction of sp³-hybridized carbons (Fsp3) is 0.0400. The SMILES string of the molecule is Clc1cccc(-c2nnc(SCc3cccc4ccccc34)n2-c2ccccc2)c1. The van der Waals surface area contributed by atoms with Crippen LogP contribution < -0.4 is 0 Å². The monoisotopic (exact) mass is 427 g/mol. The minimum atomic E-state index is 0.681. The lowest BCUT2D eigenvalue weighted by atomic mass is 10.1. The molecule has 146 valence electrons. The summed E-state index contributed by atoms with van der Waals surface area (Å²) in [7, 11) is 0. The molecule has 1 aromatic heterocycles. The Hall–Kier alpha value is -3.08. The number of aromatic nitrogens is 3. The molecule has 4 aromatic carbocycles. The highest BCUT2D eigenvalue weighted by Gasteiger charge is 2.16. The average molecular weight is 428 g/mol. The Balaban J connectivity index is 1.55. The number of halogens is 1. The normalized spacial score (nSPS) is 11.1. The van der Waals surface area contributed by atoms with Crippen LogP contribution >= 0.6 is 23.4 Å². The van der Waals surface area contributed by atoms with E-state index in [1.165, 1.54) is 16.3 Å². The standard InChI is InChI=1S/C25H18ClN3S/c26-21-12-7-10-19(16-21)24-27-28-25(29(24)22-13-2-1-3-14-22)30-17-20-11-6-9-18-8-4-5-15-23(18)20/h1-16H,17H2. The predicted octanol–water partition coefficient (Wildman–Crippen LogP) is 7.03. The van der Waals surface area contributed by atoms with Crippen LogP contribution in [0.1, 0.15) is 5.56 Å². The lowest BCUT2D eigenvalue weighted by Crippen LogP contribution is -1.99. The zero-order valence-corrected chi connectivity index (χ0v) is 17.6. The van der Waals surface area contributed by atoms with Gasteiger partial charge in [-0.15, -0.1) is 10.2 Å². The number of fused-ring (bicyclic) bond motifs is 1. The predicted molar refractivity (Wildman–Crippen MR) is 125 cm³/mol. The third-order valence-electron chi connectivity index (χ3n) is 4.97. The van der Waals surface area contributed by atoms with E-state index in [4.69, 9.17) is 11.6 Å². The number of para-hydroxylation sites is 1. The van der Waals surface area contributed by atoms with E-state index in [2.05, 4.69) is 69.4 Å². The molecule has 5 rings (SSSR count). The average Bonchev–Trinajstić information content (AvgIpc) is 3.22. The van der Waals surface area contributed by atoms with E-state index in [9.17, 15) is 0 Å². The summed E-state index contributed by atoms with van der Waals surface area (Å²) in [5.41, 5.74) is 3.25. The van der Waals surface area contributed by atoms with Crippen LogP contribution in [0.3, 0.4) is 0 Å². The molecule has 0 aliphatic heterocycles. The van der Waals surface area contributed by atoms with Crippen LogP contribution in [0.5, 0.6) is 0 Å². The van der Waals surface area contributed by atoms with E-state index < -0.39 is 0 Å². The van der Waals surface area contributed by atoms with Gasteiger partial charge in [0.25, 0.3) is 0 Å². The summed E-state index contributed by atoms with van der Waals surface area (Å²) in [6.45, 7) is 0. The van der Waals surface area contributed by atoms with Gasteiger partial charge in [0.2, 0.25) is 0 Å². The highest BCUT2D eigenvalue weighted by atomic mass is 35.5. The van der Waals surface area contributed by atoms with Crippen molar-refractivity contribution >= 4 is 34.1 Å². The smallest absolute Gasteiger partial charge is 0.196 e. The molecule has 0 saturated carbocycles. The molecule has 30 heavy (non-hydrogen) atoms. The van der Waals surface area contributed by atoms with Gasteiger partial charge in [-0.25, -0.2) is 0 Å². The van der Waals surface area contributed by atoms with Crippen LogP contribution in [0.2, 0.25) is 5.02 Å². The first-order valence-corrected chi connectivity index (χ1v) is 11.0. The first kappa shape index (κ1) is 18.9. The van der Waals surface area contributed by atoms with Crippen LogP contribution in [0.25, 0.3) is 27.8 Å². The van der Waals surface area contributed by atoms with Crippen molar-refractivity contribution in [3.8, 4) is 17.1 Å². The highest BCUT2D eigenvalue weighted by Crippen LogP contribution is 2.32. The molecule has 0 bridgehead atoms. The Morgan fingerprint density at radius 1 is 0.767 bits per heavy atom. The largest absolute Gasteiger partial charge is 0.270 e. The highest BCUT2D eigenvalue weighted by molar-refractivity contribution is 7.98. The molecule has 0 radical (unpaired) electrons. The van der Waals surface area contributed by atoms with Gasteiger partial charge in [-0.1, -0.05) is 96.2 Å². The van der Waals surface area contributed by atoms with Crippen LogP contribution in [-0.4, -0.2) is 14.8 Å². The molecule has 0 spiro atoms. The van der Waals surface area contributed by atoms with Gasteiger partial charge in [0.15, 0.2) is 11.0 Å². The summed E-state index contributed by atoms with van der Waals surface area (Å²) in [6, 6.07) is 32.8. The third kappa shape index (κ3) is 3.72. The molecule has 5 heteroatoms. The van der Waals surface area contributed by atoms with Gasteiger partial charge in [-0.05, 0) is 40.6 Å². The van der Waals surface area contributed by atoms with Crippen LogP contribution in [0.4, 0.5) is 0 Å². The molecule has 0 aliphatic rings. The molecule has 0 N–H and O–H groups in total. The van der Waals surface area contributed by atoms with E-state index in [0.29, 0.717) is 5.02 Å². The third-order valence-corrected chi connectivity index (χ3v) is 6.18. The number of rotatable bonds is 5. The Bertz CT molecular complexity index is 1310. The lowest BCUT2D eigenvalue weighted by Gasteiger charge is -2.11. The maximum atomic E-state index is 6.23. The Labute approximate surface area is 184 Å². The number of nitrogens with zero attached hydrogens (tertiary/aromatic N) is 3. The molecule has 0 aliphatic carbocycles. The van der Waals surface area contributed by atoms with Crippen LogP contribution in [-0.2, 0) is 5.75 Å². The summed E-state index contributed by atoms with van der Waals surface area (Å²) < 4.78 is 2.10. The first-order valence-electron chi connectivity index (χ1n) is 9.66. The van der Waals surface area contributed by atoms with Gasteiger partial charge < -0.3 is 0 Å². The van der Waals surface area contributed by atoms with Crippen molar-refractivity contribution in [2.45, 2.75) is 10.9 Å².